The summed E-state index contributed by atoms with van der Waals surface area (Å²) < 4.78 is 38.4. The number of alkyl halides is 3. The van der Waals surface area contributed by atoms with Crippen LogP contribution in [0.3, 0.4) is 0 Å². The van der Waals surface area contributed by atoms with Crippen LogP contribution < -0.4 is 11.1 Å². The van der Waals surface area contributed by atoms with Gasteiger partial charge in [-0.3, -0.25) is 0 Å². The average molecular weight is 392 g/mol. The number of benzene rings is 1. The molecule has 0 aliphatic carbocycles. The summed E-state index contributed by atoms with van der Waals surface area (Å²) in [5, 5.41) is 3.29. The molecule has 0 unspecified atom stereocenters. The Morgan fingerprint density at radius 3 is 2.25 bits per heavy atom. The summed E-state index contributed by atoms with van der Waals surface area (Å²) in [6.45, 7) is 8.63. The molecule has 0 atom stereocenters. The van der Waals surface area contributed by atoms with Gasteiger partial charge in [0.1, 0.15) is 5.82 Å². The van der Waals surface area contributed by atoms with E-state index in [1.165, 1.54) is 12.1 Å². The Labute approximate surface area is 164 Å². The lowest BCUT2D eigenvalue weighted by Crippen LogP contribution is -2.15. The van der Waals surface area contributed by atoms with Crippen molar-refractivity contribution >= 4 is 17.8 Å². The van der Waals surface area contributed by atoms with Crippen LogP contribution in [0.1, 0.15) is 56.0 Å². The highest BCUT2D eigenvalue weighted by Gasteiger charge is 2.30. The number of aromatic nitrogens is 2. The van der Waals surface area contributed by atoms with Gasteiger partial charge in [-0.1, -0.05) is 51.5 Å². The van der Waals surface area contributed by atoms with E-state index >= 15 is 0 Å². The van der Waals surface area contributed by atoms with Crippen molar-refractivity contribution in [2.24, 2.45) is 0 Å². The van der Waals surface area contributed by atoms with Gasteiger partial charge < -0.3 is 11.1 Å². The standard InChI is InChI=1S/C21H27F3N4/c1-5-6-13-26-18-17(14(2)27-19(25)28-18)11-12-20(3,4)15-7-9-16(10-8-15)21(22,23)24/h7-12H,5-6,13H2,1-4H3,(H3,25,26,27,28)/b12-11+. The van der Waals surface area contributed by atoms with Crippen LogP contribution in [0.15, 0.2) is 30.3 Å². The Bertz CT molecular complexity index is 825. The van der Waals surface area contributed by atoms with E-state index in [0.29, 0.717) is 5.82 Å². The van der Waals surface area contributed by atoms with Crippen molar-refractivity contribution in [3.63, 3.8) is 0 Å². The lowest BCUT2D eigenvalue weighted by molar-refractivity contribution is -0.137. The quantitative estimate of drug-likeness (QED) is 0.603. The number of nitrogen functional groups attached to an aromatic ring is 1. The SMILES string of the molecule is CCCCNc1nc(N)nc(C)c1/C=C/C(C)(C)c1ccc(C(F)(F)F)cc1. The molecule has 1 aromatic heterocycles. The number of allylic oxidation sites excluding steroid dienone is 1. The molecule has 2 aromatic rings. The lowest BCUT2D eigenvalue weighted by atomic mass is 9.83. The Morgan fingerprint density at radius 2 is 1.68 bits per heavy atom. The predicted octanol–water partition coefficient (Wildman–Crippen LogP) is 5.59. The second-order valence-electron chi connectivity index (χ2n) is 7.34. The number of hydrogen-bond acceptors (Lipinski definition) is 4. The van der Waals surface area contributed by atoms with E-state index in [4.69, 9.17) is 5.73 Å². The largest absolute Gasteiger partial charge is 0.416 e. The van der Waals surface area contributed by atoms with E-state index in [9.17, 15) is 13.2 Å². The van der Waals surface area contributed by atoms with Crippen molar-refractivity contribution in [1.29, 1.82) is 0 Å². The molecule has 28 heavy (non-hydrogen) atoms. The summed E-state index contributed by atoms with van der Waals surface area (Å²) in [4.78, 5) is 8.52. The third kappa shape index (κ3) is 5.47. The number of nitrogens with one attached hydrogen (secondary N) is 1. The zero-order valence-corrected chi connectivity index (χ0v) is 16.7. The third-order valence-electron chi connectivity index (χ3n) is 4.60. The smallest absolute Gasteiger partial charge is 0.369 e. The van der Waals surface area contributed by atoms with E-state index in [-0.39, 0.29) is 5.95 Å². The van der Waals surface area contributed by atoms with Gasteiger partial charge in [0.2, 0.25) is 5.95 Å². The van der Waals surface area contributed by atoms with Gasteiger partial charge in [-0.15, -0.1) is 0 Å². The number of aryl methyl sites for hydroxylation is 1. The van der Waals surface area contributed by atoms with Gasteiger partial charge in [-0.25, -0.2) is 4.98 Å². The Hall–Kier alpha value is -2.57. The number of rotatable bonds is 7. The van der Waals surface area contributed by atoms with Crippen LogP contribution in [-0.4, -0.2) is 16.5 Å². The fourth-order valence-corrected chi connectivity index (χ4v) is 2.80. The molecule has 0 saturated heterocycles. The van der Waals surface area contributed by atoms with Crippen LogP contribution in [0.5, 0.6) is 0 Å². The van der Waals surface area contributed by atoms with Crippen molar-refractivity contribution in [2.45, 2.75) is 52.1 Å². The first-order valence-corrected chi connectivity index (χ1v) is 9.29. The van der Waals surface area contributed by atoms with Gasteiger partial charge in [0, 0.05) is 17.5 Å². The normalized spacial score (nSPS) is 12.5. The van der Waals surface area contributed by atoms with E-state index in [0.717, 1.165) is 48.3 Å². The number of anilines is 2. The van der Waals surface area contributed by atoms with Crippen LogP contribution in [0, 0.1) is 6.92 Å². The Morgan fingerprint density at radius 1 is 1.07 bits per heavy atom. The van der Waals surface area contributed by atoms with Gasteiger partial charge >= 0.3 is 6.18 Å². The van der Waals surface area contributed by atoms with Crippen molar-refractivity contribution in [3.05, 3.63) is 52.7 Å². The van der Waals surface area contributed by atoms with Crippen molar-refractivity contribution in [2.75, 3.05) is 17.6 Å². The van der Waals surface area contributed by atoms with Crippen LogP contribution >= 0.6 is 0 Å². The zero-order chi connectivity index (χ0) is 20.9. The fourth-order valence-electron chi connectivity index (χ4n) is 2.80. The molecule has 0 spiro atoms. The third-order valence-corrected chi connectivity index (χ3v) is 4.60. The van der Waals surface area contributed by atoms with Crippen LogP contribution in [0.2, 0.25) is 0 Å². The molecule has 0 amide bonds. The van der Waals surface area contributed by atoms with Crippen molar-refractivity contribution in [3.8, 4) is 0 Å². The first-order chi connectivity index (χ1) is 13.0. The molecule has 0 aliphatic heterocycles. The van der Waals surface area contributed by atoms with Gasteiger partial charge in [0.25, 0.3) is 0 Å². The van der Waals surface area contributed by atoms with E-state index in [1.54, 1.807) is 0 Å². The summed E-state index contributed by atoms with van der Waals surface area (Å²) >= 11 is 0. The lowest BCUT2D eigenvalue weighted by Gasteiger charge is -2.22. The Kier molecular flexibility index (Phi) is 6.69. The highest BCUT2D eigenvalue weighted by atomic mass is 19.4. The molecule has 1 aromatic carbocycles. The maximum absolute atomic E-state index is 12.8. The molecule has 7 heteroatoms. The molecule has 0 fully saturated rings. The minimum atomic E-state index is -4.34. The number of unbranched alkanes of at least 4 members (excludes halogenated alkanes) is 1. The summed E-state index contributed by atoms with van der Waals surface area (Å²) in [6, 6.07) is 5.25. The number of halogens is 3. The zero-order valence-electron chi connectivity index (χ0n) is 16.7. The van der Waals surface area contributed by atoms with Gasteiger partial charge in [0.05, 0.1) is 11.3 Å². The number of hydrogen-bond donors (Lipinski definition) is 2. The highest BCUT2D eigenvalue weighted by Crippen LogP contribution is 2.32. The molecule has 4 nitrogen and oxygen atoms in total. The summed E-state index contributed by atoms with van der Waals surface area (Å²) in [7, 11) is 0. The molecule has 0 aliphatic rings. The first kappa shape index (κ1) is 21.7. The minimum absolute atomic E-state index is 0.204. The van der Waals surface area contributed by atoms with Gasteiger partial charge in [0.15, 0.2) is 0 Å². The average Bonchev–Trinajstić information content (AvgIpc) is 2.60. The predicted molar refractivity (Wildman–Crippen MR) is 108 cm³/mol. The molecular weight excluding hydrogens is 365 g/mol. The van der Waals surface area contributed by atoms with Crippen LogP contribution in [0.4, 0.5) is 24.9 Å². The highest BCUT2D eigenvalue weighted by molar-refractivity contribution is 5.67. The number of nitrogens with two attached hydrogens (primary N) is 1. The monoisotopic (exact) mass is 392 g/mol. The van der Waals surface area contributed by atoms with Gasteiger partial charge in [-0.05, 0) is 31.0 Å². The topological polar surface area (TPSA) is 63.8 Å². The van der Waals surface area contributed by atoms with Crippen molar-refractivity contribution < 1.29 is 13.2 Å². The molecule has 0 radical (unpaired) electrons. The molecule has 0 saturated carbocycles. The molecule has 152 valence electrons. The summed E-state index contributed by atoms with van der Waals surface area (Å²) in [5.74, 6) is 0.869. The second kappa shape index (κ2) is 8.63. The molecule has 0 bridgehead atoms. The van der Waals surface area contributed by atoms with E-state index in [2.05, 4.69) is 22.2 Å². The summed E-state index contributed by atoms with van der Waals surface area (Å²) in [5.41, 5.74) is 7.00. The first-order valence-electron chi connectivity index (χ1n) is 9.29. The molecular formula is C21H27F3N4. The van der Waals surface area contributed by atoms with Crippen LogP contribution in [0.25, 0.3) is 6.08 Å². The second-order valence-corrected chi connectivity index (χ2v) is 7.34. The van der Waals surface area contributed by atoms with E-state index in [1.807, 2.05) is 32.9 Å². The Balaban J connectivity index is 2.30. The van der Waals surface area contributed by atoms with E-state index < -0.39 is 17.2 Å². The molecule has 3 N–H and O–H groups in total. The summed E-state index contributed by atoms with van der Waals surface area (Å²) in [6.07, 6.45) is 1.57. The van der Waals surface area contributed by atoms with Gasteiger partial charge in [-0.2, -0.15) is 18.2 Å². The maximum Gasteiger partial charge on any atom is 0.416 e. The van der Waals surface area contributed by atoms with Crippen LogP contribution in [-0.2, 0) is 11.6 Å². The van der Waals surface area contributed by atoms with Crippen molar-refractivity contribution in [1.82, 2.24) is 9.97 Å². The fraction of sp³-hybridized carbons (Fsp3) is 0.429. The maximum atomic E-state index is 12.8. The minimum Gasteiger partial charge on any atom is -0.369 e. The molecule has 2 rings (SSSR count). The molecule has 1 heterocycles. The number of nitrogens with zero attached hydrogens (tertiary/aromatic N) is 2.